The zero-order valence-corrected chi connectivity index (χ0v) is 14.6. The van der Waals surface area contributed by atoms with E-state index in [1.54, 1.807) is 10.6 Å². The number of benzene rings is 1. The molecule has 0 atom stereocenters. The van der Waals surface area contributed by atoms with Crippen LogP contribution in [0.15, 0.2) is 33.9 Å². The van der Waals surface area contributed by atoms with E-state index in [4.69, 9.17) is 0 Å². The minimum absolute atomic E-state index is 0.156. The van der Waals surface area contributed by atoms with Crippen molar-refractivity contribution in [3.8, 4) is 0 Å². The van der Waals surface area contributed by atoms with Gasteiger partial charge < -0.3 is 0 Å². The summed E-state index contributed by atoms with van der Waals surface area (Å²) >= 11 is 1.43. The number of aromatic nitrogens is 2. The summed E-state index contributed by atoms with van der Waals surface area (Å²) in [5, 5.41) is 0.874. The van der Waals surface area contributed by atoms with Gasteiger partial charge in [0.05, 0.1) is 0 Å². The Bertz CT molecular complexity index is 1030. The van der Waals surface area contributed by atoms with E-state index in [0.29, 0.717) is 10.2 Å². The minimum atomic E-state index is -0.181. The highest BCUT2D eigenvalue weighted by Crippen LogP contribution is 2.28. The molecule has 4 nitrogen and oxygen atoms in total. The fourth-order valence-electron chi connectivity index (χ4n) is 3.81. The van der Waals surface area contributed by atoms with Crippen LogP contribution in [0.5, 0.6) is 0 Å². The summed E-state index contributed by atoms with van der Waals surface area (Å²) in [7, 11) is 0. The summed E-state index contributed by atoms with van der Waals surface area (Å²) in [5.41, 5.74) is -0.337. The molecule has 0 radical (unpaired) electrons. The van der Waals surface area contributed by atoms with Crippen molar-refractivity contribution in [1.29, 1.82) is 0 Å². The summed E-state index contributed by atoms with van der Waals surface area (Å²) in [4.78, 5) is 31.2. The Morgan fingerprint density at radius 2 is 1.79 bits per heavy atom. The van der Waals surface area contributed by atoms with Crippen molar-refractivity contribution in [2.75, 3.05) is 0 Å². The fraction of sp³-hybridized carbons (Fsp3) is 0.421. The average Bonchev–Trinajstić information content (AvgIpc) is 2.84. The first-order valence-corrected chi connectivity index (χ1v) is 9.43. The molecule has 1 aliphatic rings. The molecule has 0 aliphatic heterocycles. The number of hydrogen-bond acceptors (Lipinski definition) is 4. The maximum absolute atomic E-state index is 13.2. The van der Waals surface area contributed by atoms with Gasteiger partial charge in [-0.25, -0.2) is 4.98 Å². The van der Waals surface area contributed by atoms with Crippen LogP contribution in [0.4, 0.5) is 0 Å². The Hall–Kier alpha value is -2.01. The number of hydrogen-bond donors (Lipinski definition) is 0. The summed E-state index contributed by atoms with van der Waals surface area (Å²) in [6, 6.07) is 7.63. The van der Waals surface area contributed by atoms with Crippen molar-refractivity contribution < 1.29 is 0 Å². The van der Waals surface area contributed by atoms with Crippen LogP contribution in [-0.2, 0) is 0 Å². The Labute approximate surface area is 143 Å². The van der Waals surface area contributed by atoms with E-state index in [1.807, 2.05) is 25.1 Å². The van der Waals surface area contributed by atoms with Crippen molar-refractivity contribution in [2.45, 2.75) is 51.5 Å². The summed E-state index contributed by atoms with van der Waals surface area (Å²) in [5.74, 6) is 0.727. The van der Waals surface area contributed by atoms with Crippen LogP contribution < -0.4 is 11.0 Å². The molecule has 2 heterocycles. The highest BCUT2D eigenvalue weighted by molar-refractivity contribution is 7.24. The highest BCUT2D eigenvalue weighted by Gasteiger charge is 2.21. The monoisotopic (exact) mass is 340 g/mol. The second kappa shape index (κ2) is 6.13. The zero-order chi connectivity index (χ0) is 16.7. The van der Waals surface area contributed by atoms with Gasteiger partial charge in [-0.15, -0.1) is 11.3 Å². The number of nitrogens with zero attached hydrogens (tertiary/aromatic N) is 2. The highest BCUT2D eigenvalue weighted by atomic mass is 32.1. The van der Waals surface area contributed by atoms with Crippen molar-refractivity contribution in [1.82, 2.24) is 9.55 Å². The first-order chi connectivity index (χ1) is 11.7. The maximum atomic E-state index is 13.2. The molecular weight excluding hydrogens is 320 g/mol. The first kappa shape index (κ1) is 15.5. The van der Waals surface area contributed by atoms with E-state index in [9.17, 15) is 9.59 Å². The molecule has 5 heteroatoms. The molecule has 0 spiro atoms. The number of aryl methyl sites for hydroxylation is 1. The smallest absolute Gasteiger partial charge is 0.266 e. The van der Waals surface area contributed by atoms with Gasteiger partial charge in [0, 0.05) is 16.1 Å². The van der Waals surface area contributed by atoms with Gasteiger partial charge in [-0.1, -0.05) is 37.8 Å². The van der Waals surface area contributed by atoms with E-state index >= 15 is 0 Å². The topological polar surface area (TPSA) is 52.0 Å². The van der Waals surface area contributed by atoms with Crippen LogP contribution in [0.2, 0.25) is 0 Å². The van der Waals surface area contributed by atoms with Crippen molar-refractivity contribution >= 4 is 31.6 Å². The number of rotatable bonds is 1. The largest absolute Gasteiger partial charge is 0.293 e. The minimum Gasteiger partial charge on any atom is -0.293 e. The first-order valence-electron chi connectivity index (χ1n) is 8.61. The van der Waals surface area contributed by atoms with Crippen LogP contribution in [0.3, 0.4) is 0 Å². The predicted molar refractivity (Wildman–Crippen MR) is 99.1 cm³/mol. The van der Waals surface area contributed by atoms with Crippen LogP contribution in [0.25, 0.3) is 20.3 Å². The normalized spacial score (nSPS) is 16.5. The molecule has 2 aromatic heterocycles. The third kappa shape index (κ3) is 2.47. The van der Waals surface area contributed by atoms with Crippen molar-refractivity contribution in [2.24, 2.45) is 0 Å². The molecule has 0 amide bonds. The van der Waals surface area contributed by atoms with Crippen LogP contribution in [0, 0.1) is 6.92 Å². The molecule has 1 aliphatic carbocycles. The predicted octanol–water partition coefficient (Wildman–Crippen LogP) is 4.18. The summed E-state index contributed by atoms with van der Waals surface area (Å²) in [6.07, 6.45) is 6.73. The van der Waals surface area contributed by atoms with Gasteiger partial charge in [0.25, 0.3) is 5.56 Å². The molecule has 0 saturated heterocycles. The molecular formula is C19H20N2O2S. The number of fused-ring (bicyclic) bond motifs is 2. The standard InChI is InChI=1S/C19H20N2O2S/c1-12-20-18-16(17(22)14-10-6-7-11-15(14)24-18)19(23)21(12)13-8-4-2-3-5-9-13/h6-7,10-11,13H,2-5,8-9H2,1H3. The van der Waals surface area contributed by atoms with E-state index in [1.165, 1.54) is 24.2 Å². The molecule has 1 aromatic carbocycles. The average molecular weight is 340 g/mol. The summed E-state index contributed by atoms with van der Waals surface area (Å²) < 4.78 is 2.67. The SMILES string of the molecule is Cc1nc2sc3ccccc3c(=O)c2c(=O)n1C1CCCCCC1. The van der Waals surface area contributed by atoms with E-state index in [-0.39, 0.29) is 22.4 Å². The lowest BCUT2D eigenvalue weighted by molar-refractivity contribution is 0.421. The third-order valence-corrected chi connectivity index (χ3v) is 6.08. The second-order valence-electron chi connectivity index (χ2n) is 6.59. The second-order valence-corrected chi connectivity index (χ2v) is 7.62. The van der Waals surface area contributed by atoms with Gasteiger partial charge in [0.1, 0.15) is 16.0 Å². The van der Waals surface area contributed by atoms with Crippen molar-refractivity contribution in [3.63, 3.8) is 0 Å². The van der Waals surface area contributed by atoms with E-state index in [2.05, 4.69) is 4.98 Å². The van der Waals surface area contributed by atoms with Gasteiger partial charge in [-0.2, -0.15) is 0 Å². The van der Waals surface area contributed by atoms with Crippen LogP contribution in [0.1, 0.15) is 50.4 Å². The van der Waals surface area contributed by atoms with Crippen molar-refractivity contribution in [3.05, 3.63) is 50.7 Å². The maximum Gasteiger partial charge on any atom is 0.266 e. The molecule has 0 bridgehead atoms. The quantitative estimate of drug-likeness (QED) is 0.493. The lowest BCUT2D eigenvalue weighted by Gasteiger charge is -2.20. The fourth-order valence-corrected chi connectivity index (χ4v) is 4.90. The lowest BCUT2D eigenvalue weighted by Crippen LogP contribution is -2.30. The van der Waals surface area contributed by atoms with Gasteiger partial charge in [0.15, 0.2) is 0 Å². The molecule has 1 fully saturated rings. The molecule has 0 N–H and O–H groups in total. The van der Waals surface area contributed by atoms with Crippen LogP contribution in [-0.4, -0.2) is 9.55 Å². The Morgan fingerprint density at radius 3 is 2.54 bits per heavy atom. The van der Waals surface area contributed by atoms with Gasteiger partial charge in [0.2, 0.25) is 5.43 Å². The van der Waals surface area contributed by atoms with Crippen LogP contribution >= 0.6 is 11.3 Å². The van der Waals surface area contributed by atoms with Gasteiger partial charge in [-0.3, -0.25) is 14.2 Å². The Balaban J connectivity index is 2.02. The molecule has 3 aromatic rings. The lowest BCUT2D eigenvalue weighted by atomic mass is 10.1. The zero-order valence-electron chi connectivity index (χ0n) is 13.7. The summed E-state index contributed by atoms with van der Waals surface area (Å²) in [6.45, 7) is 1.89. The van der Waals surface area contributed by atoms with Gasteiger partial charge in [-0.05, 0) is 31.9 Å². The van der Waals surface area contributed by atoms with Gasteiger partial charge >= 0.3 is 0 Å². The third-order valence-electron chi connectivity index (χ3n) is 5.01. The molecule has 4 rings (SSSR count). The molecule has 24 heavy (non-hydrogen) atoms. The Kier molecular flexibility index (Phi) is 3.96. The van der Waals surface area contributed by atoms with E-state index in [0.717, 1.165) is 36.2 Å². The molecule has 0 unspecified atom stereocenters. The molecule has 124 valence electrons. The van der Waals surface area contributed by atoms with E-state index < -0.39 is 0 Å². The Morgan fingerprint density at radius 1 is 1.08 bits per heavy atom. The molecule has 1 saturated carbocycles.